The van der Waals surface area contributed by atoms with Crippen molar-refractivity contribution in [1.82, 2.24) is 25.1 Å². The molecule has 0 atom stereocenters. The van der Waals surface area contributed by atoms with Gasteiger partial charge in [0.2, 0.25) is 0 Å². The molecule has 1 aromatic heterocycles. The highest BCUT2D eigenvalue weighted by molar-refractivity contribution is 6.32. The van der Waals surface area contributed by atoms with E-state index in [0.717, 1.165) is 24.2 Å². The summed E-state index contributed by atoms with van der Waals surface area (Å²) in [5, 5.41) is 15.4. The molecule has 29 heavy (non-hydrogen) atoms. The number of urea groups is 1. The van der Waals surface area contributed by atoms with E-state index in [1.165, 1.54) is 0 Å². The van der Waals surface area contributed by atoms with E-state index in [1.54, 1.807) is 24.1 Å². The van der Waals surface area contributed by atoms with Crippen LogP contribution in [0, 0.1) is 0 Å². The van der Waals surface area contributed by atoms with Crippen LogP contribution >= 0.6 is 11.6 Å². The van der Waals surface area contributed by atoms with Crippen molar-refractivity contribution in [3.05, 3.63) is 53.6 Å². The van der Waals surface area contributed by atoms with Crippen LogP contribution in [0.2, 0.25) is 5.02 Å². The Morgan fingerprint density at radius 3 is 2.72 bits per heavy atom. The van der Waals surface area contributed by atoms with Crippen LogP contribution in [0.25, 0.3) is 11.4 Å². The zero-order valence-corrected chi connectivity index (χ0v) is 16.7. The predicted octanol–water partition coefficient (Wildman–Crippen LogP) is 3.87. The molecule has 0 aliphatic heterocycles. The molecule has 4 rings (SSSR count). The highest BCUT2D eigenvalue weighted by Gasteiger charge is 2.28. The Hall–Kier alpha value is -3.13. The van der Waals surface area contributed by atoms with Crippen LogP contribution in [0.1, 0.15) is 18.9 Å². The Labute approximate surface area is 173 Å². The lowest BCUT2D eigenvalue weighted by Crippen LogP contribution is -2.34. The van der Waals surface area contributed by atoms with Gasteiger partial charge in [-0.15, -0.1) is 5.10 Å². The van der Waals surface area contributed by atoms with Crippen LogP contribution in [0.15, 0.2) is 48.5 Å². The van der Waals surface area contributed by atoms with E-state index in [9.17, 15) is 4.79 Å². The molecule has 0 bridgehead atoms. The van der Waals surface area contributed by atoms with Gasteiger partial charge in [-0.1, -0.05) is 23.7 Å². The highest BCUT2D eigenvalue weighted by Crippen LogP contribution is 2.36. The van der Waals surface area contributed by atoms with Crippen LogP contribution in [0.4, 0.5) is 10.5 Å². The van der Waals surface area contributed by atoms with Crippen molar-refractivity contribution in [2.24, 2.45) is 0 Å². The first-order chi connectivity index (χ1) is 14.1. The van der Waals surface area contributed by atoms with Gasteiger partial charge in [-0.2, -0.15) is 0 Å². The monoisotopic (exact) mass is 412 g/mol. The number of nitrogens with one attached hydrogen (secondary N) is 1. The molecule has 150 valence electrons. The molecule has 1 aliphatic carbocycles. The van der Waals surface area contributed by atoms with Gasteiger partial charge >= 0.3 is 6.03 Å². The van der Waals surface area contributed by atoms with Gasteiger partial charge in [0, 0.05) is 18.3 Å². The number of carbonyl (C=O) groups excluding carboxylic acids is 1. The third-order valence-electron chi connectivity index (χ3n) is 4.65. The van der Waals surface area contributed by atoms with Crippen molar-refractivity contribution >= 4 is 23.3 Å². The molecule has 1 saturated carbocycles. The van der Waals surface area contributed by atoms with Crippen LogP contribution in [-0.4, -0.2) is 51.3 Å². The number of hydrogen-bond acceptors (Lipinski definition) is 5. The molecular weight excluding hydrogens is 392 g/mol. The lowest BCUT2D eigenvalue weighted by molar-refractivity contribution is 0.207. The summed E-state index contributed by atoms with van der Waals surface area (Å²) < 4.78 is 7.49. The summed E-state index contributed by atoms with van der Waals surface area (Å²) in [6.45, 7) is 0.766. The molecule has 2 amide bonds. The molecule has 0 saturated heterocycles. The fraction of sp³-hybridized carbons (Fsp3) is 0.300. The first kappa shape index (κ1) is 19.2. The fourth-order valence-corrected chi connectivity index (χ4v) is 3.02. The maximum Gasteiger partial charge on any atom is 0.321 e. The number of tetrazole rings is 1. The van der Waals surface area contributed by atoms with Gasteiger partial charge in [-0.25, -0.2) is 9.48 Å². The largest absolute Gasteiger partial charge is 0.490 e. The zero-order valence-electron chi connectivity index (χ0n) is 16.0. The van der Waals surface area contributed by atoms with Crippen LogP contribution in [-0.2, 0) is 0 Å². The maximum atomic E-state index is 12.4. The summed E-state index contributed by atoms with van der Waals surface area (Å²) in [6.07, 6.45) is 2.22. The molecule has 1 heterocycles. The lowest BCUT2D eigenvalue weighted by Gasteiger charge is -2.18. The summed E-state index contributed by atoms with van der Waals surface area (Å²) in [5.41, 5.74) is 1.62. The van der Waals surface area contributed by atoms with E-state index in [-0.39, 0.29) is 6.03 Å². The van der Waals surface area contributed by atoms with Gasteiger partial charge < -0.3 is 15.0 Å². The van der Waals surface area contributed by atoms with Crippen LogP contribution in [0.5, 0.6) is 5.75 Å². The molecular formula is C20H21ClN6O2. The Morgan fingerprint density at radius 2 is 2.00 bits per heavy atom. The first-order valence-electron chi connectivity index (χ1n) is 9.39. The van der Waals surface area contributed by atoms with Gasteiger partial charge in [-0.05, 0) is 59.7 Å². The second-order valence-corrected chi connectivity index (χ2v) is 7.29. The number of halogens is 1. The quantitative estimate of drug-likeness (QED) is 0.636. The van der Waals surface area contributed by atoms with Gasteiger partial charge in [0.1, 0.15) is 12.4 Å². The summed E-state index contributed by atoms with van der Waals surface area (Å²) in [4.78, 5) is 13.9. The molecule has 0 spiro atoms. The minimum Gasteiger partial charge on any atom is -0.490 e. The van der Waals surface area contributed by atoms with Crippen molar-refractivity contribution in [3.63, 3.8) is 0 Å². The molecule has 3 aromatic rings. The third kappa shape index (κ3) is 4.65. The minimum atomic E-state index is -0.219. The number of para-hydroxylation sites is 1. The molecule has 1 N–H and O–H groups in total. The van der Waals surface area contributed by atoms with E-state index in [0.29, 0.717) is 35.7 Å². The van der Waals surface area contributed by atoms with Crippen molar-refractivity contribution in [3.8, 4) is 17.1 Å². The Bertz CT molecular complexity index is 987. The van der Waals surface area contributed by atoms with Gasteiger partial charge in [0.25, 0.3) is 0 Å². The van der Waals surface area contributed by atoms with E-state index in [4.69, 9.17) is 16.3 Å². The third-order valence-corrected chi connectivity index (χ3v) is 4.96. The second kappa shape index (κ2) is 8.48. The number of benzene rings is 2. The molecule has 9 heteroatoms. The SMILES string of the molecule is CN(CCOc1ccccc1Cl)C(=O)Nc1ccc(-c2nnnn2C2CC2)cc1. The number of amides is 2. The zero-order chi connectivity index (χ0) is 20.2. The summed E-state index contributed by atoms with van der Waals surface area (Å²) in [6, 6.07) is 14.9. The van der Waals surface area contributed by atoms with E-state index in [2.05, 4.69) is 20.8 Å². The fourth-order valence-electron chi connectivity index (χ4n) is 2.83. The van der Waals surface area contributed by atoms with Gasteiger partial charge in [0.05, 0.1) is 17.6 Å². The molecule has 0 radical (unpaired) electrons. The lowest BCUT2D eigenvalue weighted by atomic mass is 10.2. The molecule has 0 unspecified atom stereocenters. The second-order valence-electron chi connectivity index (χ2n) is 6.89. The molecule has 2 aromatic carbocycles. The Morgan fingerprint density at radius 1 is 1.24 bits per heavy atom. The van der Waals surface area contributed by atoms with Crippen molar-refractivity contribution < 1.29 is 9.53 Å². The normalized spacial score (nSPS) is 13.2. The number of hydrogen-bond donors (Lipinski definition) is 1. The smallest absolute Gasteiger partial charge is 0.321 e. The Kier molecular flexibility index (Phi) is 5.62. The van der Waals surface area contributed by atoms with Gasteiger partial charge in [0.15, 0.2) is 5.82 Å². The van der Waals surface area contributed by atoms with E-state index < -0.39 is 0 Å². The minimum absolute atomic E-state index is 0.219. The summed E-state index contributed by atoms with van der Waals surface area (Å²) in [5.74, 6) is 1.35. The van der Waals surface area contributed by atoms with Crippen molar-refractivity contribution in [2.75, 3.05) is 25.5 Å². The Balaban J connectivity index is 1.29. The van der Waals surface area contributed by atoms with E-state index in [1.807, 2.05) is 41.1 Å². The summed E-state index contributed by atoms with van der Waals surface area (Å²) in [7, 11) is 1.71. The molecule has 1 aliphatic rings. The number of ether oxygens (including phenoxy) is 1. The maximum absolute atomic E-state index is 12.4. The van der Waals surface area contributed by atoms with E-state index >= 15 is 0 Å². The number of nitrogens with zero attached hydrogens (tertiary/aromatic N) is 5. The number of likely N-dealkylation sites (N-methyl/N-ethyl adjacent to an activating group) is 1. The van der Waals surface area contributed by atoms with Crippen LogP contribution in [0.3, 0.4) is 0 Å². The summed E-state index contributed by atoms with van der Waals surface area (Å²) >= 11 is 6.06. The number of rotatable bonds is 7. The average molecular weight is 413 g/mol. The standard InChI is InChI=1S/C20H21ClN6O2/c1-26(12-13-29-18-5-3-2-4-17(18)21)20(28)22-15-8-6-14(7-9-15)19-23-24-25-27(19)16-10-11-16/h2-9,16H,10-13H2,1H3,(H,22,28). The molecule has 8 nitrogen and oxygen atoms in total. The van der Waals surface area contributed by atoms with Crippen molar-refractivity contribution in [2.45, 2.75) is 18.9 Å². The average Bonchev–Trinajstić information content (AvgIpc) is 3.46. The van der Waals surface area contributed by atoms with Gasteiger partial charge in [-0.3, -0.25) is 0 Å². The number of anilines is 1. The number of carbonyl (C=O) groups is 1. The molecule has 1 fully saturated rings. The first-order valence-corrected chi connectivity index (χ1v) is 9.77. The van der Waals surface area contributed by atoms with Crippen molar-refractivity contribution in [1.29, 1.82) is 0 Å². The highest BCUT2D eigenvalue weighted by atomic mass is 35.5. The predicted molar refractivity (Wildman–Crippen MR) is 110 cm³/mol. The number of aromatic nitrogens is 4. The topological polar surface area (TPSA) is 85.2 Å². The van der Waals surface area contributed by atoms with Crippen LogP contribution < -0.4 is 10.1 Å².